The lowest BCUT2D eigenvalue weighted by atomic mass is 10.0. The van der Waals surface area contributed by atoms with Crippen LogP contribution in [0.4, 0.5) is 11.4 Å². The molecule has 0 unspecified atom stereocenters. The first kappa shape index (κ1) is 11.7. The van der Waals surface area contributed by atoms with E-state index in [1.165, 1.54) is 0 Å². The summed E-state index contributed by atoms with van der Waals surface area (Å²) < 4.78 is 0. The van der Waals surface area contributed by atoms with Gasteiger partial charge < -0.3 is 5.32 Å². The van der Waals surface area contributed by atoms with Gasteiger partial charge in [-0.1, -0.05) is 12.1 Å². The molecule has 4 nitrogen and oxygen atoms in total. The third-order valence-electron chi connectivity index (χ3n) is 3.26. The van der Waals surface area contributed by atoms with Gasteiger partial charge in [0, 0.05) is 11.9 Å². The van der Waals surface area contributed by atoms with Gasteiger partial charge >= 0.3 is 0 Å². The Morgan fingerprint density at radius 3 is 2.68 bits per heavy atom. The molecule has 4 heteroatoms. The fourth-order valence-corrected chi connectivity index (χ4v) is 2.46. The van der Waals surface area contributed by atoms with Gasteiger partial charge in [0.05, 0.1) is 17.4 Å². The Morgan fingerprint density at radius 1 is 1.16 bits per heavy atom. The highest BCUT2D eigenvalue weighted by Gasteiger charge is 2.38. The van der Waals surface area contributed by atoms with Crippen molar-refractivity contribution in [3.05, 3.63) is 54.4 Å². The average molecular weight is 253 g/mol. The zero-order valence-corrected chi connectivity index (χ0v) is 10.9. The van der Waals surface area contributed by atoms with Crippen LogP contribution >= 0.6 is 0 Å². The summed E-state index contributed by atoms with van der Waals surface area (Å²) in [5, 5.41) is 3.39. The summed E-state index contributed by atoms with van der Waals surface area (Å²) >= 11 is 0. The third kappa shape index (κ3) is 1.85. The van der Waals surface area contributed by atoms with Gasteiger partial charge in [0.25, 0.3) is 5.91 Å². The number of nitrogens with one attached hydrogen (secondary N) is 1. The second-order valence-electron chi connectivity index (χ2n) is 5.08. The molecular weight excluding hydrogens is 238 g/mol. The van der Waals surface area contributed by atoms with Crippen molar-refractivity contribution < 1.29 is 4.79 Å². The van der Waals surface area contributed by atoms with E-state index in [0.717, 1.165) is 11.4 Å². The lowest BCUT2D eigenvalue weighted by molar-refractivity contribution is 0.0961. The van der Waals surface area contributed by atoms with E-state index < -0.39 is 5.66 Å². The number of nitrogens with zero attached hydrogens (tertiary/aromatic N) is 2. The lowest BCUT2D eigenvalue weighted by Gasteiger charge is -2.43. The molecule has 0 aliphatic carbocycles. The van der Waals surface area contributed by atoms with Crippen molar-refractivity contribution in [1.29, 1.82) is 0 Å². The summed E-state index contributed by atoms with van der Waals surface area (Å²) in [5.74, 6) is -0.00708. The van der Waals surface area contributed by atoms with Crippen LogP contribution in [0.2, 0.25) is 0 Å². The molecule has 1 aliphatic heterocycles. The molecular formula is C15H15N3O. The topological polar surface area (TPSA) is 45.2 Å². The van der Waals surface area contributed by atoms with Crippen molar-refractivity contribution >= 4 is 17.3 Å². The number of amides is 1. The van der Waals surface area contributed by atoms with Gasteiger partial charge in [-0.05, 0) is 38.1 Å². The summed E-state index contributed by atoms with van der Waals surface area (Å²) in [4.78, 5) is 18.5. The number of carbonyl (C=O) groups excluding carboxylic acids is 1. The number of para-hydroxylation sites is 1. The summed E-state index contributed by atoms with van der Waals surface area (Å²) in [6.45, 7) is 3.96. The maximum atomic E-state index is 12.7. The molecule has 2 aromatic rings. The van der Waals surface area contributed by atoms with Gasteiger partial charge in [-0.3, -0.25) is 14.7 Å². The zero-order chi connectivity index (χ0) is 13.5. The Bertz CT molecular complexity index is 622. The molecule has 0 bridgehead atoms. The fourth-order valence-electron chi connectivity index (χ4n) is 2.46. The van der Waals surface area contributed by atoms with Crippen LogP contribution in [0.25, 0.3) is 0 Å². The number of hydrogen-bond donors (Lipinski definition) is 1. The van der Waals surface area contributed by atoms with Gasteiger partial charge in [0.15, 0.2) is 0 Å². The second-order valence-corrected chi connectivity index (χ2v) is 5.08. The highest BCUT2D eigenvalue weighted by molar-refractivity contribution is 6.12. The van der Waals surface area contributed by atoms with Crippen molar-refractivity contribution in [3.63, 3.8) is 0 Å². The van der Waals surface area contributed by atoms with Crippen molar-refractivity contribution in [1.82, 2.24) is 4.98 Å². The number of pyridine rings is 1. The molecule has 0 radical (unpaired) electrons. The molecule has 0 spiro atoms. The molecule has 96 valence electrons. The molecule has 0 atom stereocenters. The van der Waals surface area contributed by atoms with Crippen molar-refractivity contribution in [2.45, 2.75) is 19.5 Å². The standard InChI is InChI=1S/C15H15N3O/c1-15(2)17-13-8-4-3-7-12(13)14(19)18(15)11-6-5-9-16-10-11/h3-10,17H,1-2H3. The molecule has 0 saturated carbocycles. The zero-order valence-electron chi connectivity index (χ0n) is 10.9. The Hall–Kier alpha value is -2.36. The lowest BCUT2D eigenvalue weighted by Crippen LogP contribution is -2.56. The summed E-state index contributed by atoms with van der Waals surface area (Å²) in [7, 11) is 0. The molecule has 3 rings (SSSR count). The Balaban J connectivity index is 2.13. The first-order valence-electron chi connectivity index (χ1n) is 6.21. The van der Waals surface area contributed by atoms with E-state index in [1.807, 2.05) is 50.2 Å². The number of benzene rings is 1. The van der Waals surface area contributed by atoms with E-state index in [1.54, 1.807) is 17.3 Å². The van der Waals surface area contributed by atoms with Crippen LogP contribution in [0.15, 0.2) is 48.8 Å². The predicted molar refractivity (Wildman–Crippen MR) is 75.2 cm³/mol. The number of fused-ring (bicyclic) bond motifs is 1. The van der Waals surface area contributed by atoms with Crippen LogP contribution in [-0.2, 0) is 0 Å². The average Bonchev–Trinajstić information content (AvgIpc) is 2.39. The van der Waals surface area contributed by atoms with Gasteiger partial charge in [-0.2, -0.15) is 0 Å². The minimum atomic E-state index is -0.492. The largest absolute Gasteiger partial charge is 0.362 e. The van der Waals surface area contributed by atoms with Crippen molar-refractivity contribution in [2.24, 2.45) is 0 Å². The third-order valence-corrected chi connectivity index (χ3v) is 3.26. The Morgan fingerprint density at radius 2 is 1.95 bits per heavy atom. The van der Waals surface area contributed by atoms with Crippen LogP contribution in [0.1, 0.15) is 24.2 Å². The number of rotatable bonds is 1. The monoisotopic (exact) mass is 253 g/mol. The fraction of sp³-hybridized carbons (Fsp3) is 0.200. The highest BCUT2D eigenvalue weighted by atomic mass is 16.2. The van der Waals surface area contributed by atoms with Crippen LogP contribution in [0.3, 0.4) is 0 Å². The van der Waals surface area contributed by atoms with Crippen molar-refractivity contribution in [2.75, 3.05) is 10.2 Å². The van der Waals surface area contributed by atoms with Crippen LogP contribution in [0, 0.1) is 0 Å². The number of aromatic nitrogens is 1. The maximum Gasteiger partial charge on any atom is 0.262 e. The first-order chi connectivity index (χ1) is 9.09. The molecule has 1 aromatic carbocycles. The minimum Gasteiger partial charge on any atom is -0.362 e. The van der Waals surface area contributed by atoms with Crippen molar-refractivity contribution in [3.8, 4) is 0 Å². The predicted octanol–water partition coefficient (Wildman–Crippen LogP) is 2.89. The smallest absolute Gasteiger partial charge is 0.262 e. The normalized spacial score (nSPS) is 16.7. The number of anilines is 2. The number of carbonyl (C=O) groups is 1. The van der Waals surface area contributed by atoms with Crippen LogP contribution in [-0.4, -0.2) is 16.6 Å². The van der Waals surface area contributed by atoms with E-state index in [0.29, 0.717) is 5.56 Å². The molecule has 2 heterocycles. The summed E-state index contributed by atoms with van der Waals surface area (Å²) in [6, 6.07) is 11.3. The molecule has 1 amide bonds. The van der Waals surface area contributed by atoms with Gasteiger partial charge in [0.1, 0.15) is 5.66 Å². The molecule has 0 saturated heterocycles. The minimum absolute atomic E-state index is 0.00708. The van der Waals surface area contributed by atoms with Crippen LogP contribution in [0.5, 0.6) is 0 Å². The van der Waals surface area contributed by atoms with Gasteiger partial charge in [-0.25, -0.2) is 0 Å². The summed E-state index contributed by atoms with van der Waals surface area (Å²) in [5.41, 5.74) is 1.86. The SMILES string of the molecule is CC1(C)Nc2ccccc2C(=O)N1c1cccnc1. The second kappa shape index (κ2) is 4.09. The Labute approximate surface area is 112 Å². The van der Waals surface area contributed by atoms with E-state index in [-0.39, 0.29) is 5.91 Å². The van der Waals surface area contributed by atoms with E-state index in [9.17, 15) is 4.79 Å². The van der Waals surface area contributed by atoms with Gasteiger partial charge in [0.2, 0.25) is 0 Å². The number of hydrogen-bond acceptors (Lipinski definition) is 3. The molecule has 19 heavy (non-hydrogen) atoms. The quantitative estimate of drug-likeness (QED) is 0.850. The van der Waals surface area contributed by atoms with Gasteiger partial charge in [-0.15, -0.1) is 0 Å². The van der Waals surface area contributed by atoms with E-state index in [4.69, 9.17) is 0 Å². The Kier molecular flexibility index (Phi) is 2.52. The van der Waals surface area contributed by atoms with E-state index >= 15 is 0 Å². The summed E-state index contributed by atoms with van der Waals surface area (Å²) in [6.07, 6.45) is 3.40. The first-order valence-corrected chi connectivity index (χ1v) is 6.21. The molecule has 1 aliphatic rings. The molecule has 0 fully saturated rings. The maximum absolute atomic E-state index is 12.7. The van der Waals surface area contributed by atoms with E-state index in [2.05, 4.69) is 10.3 Å². The van der Waals surface area contributed by atoms with Crippen LogP contribution < -0.4 is 10.2 Å². The highest BCUT2D eigenvalue weighted by Crippen LogP contribution is 2.34. The molecule has 1 aromatic heterocycles. The molecule has 1 N–H and O–H groups in total.